The molecule has 0 atom stereocenters. The summed E-state index contributed by atoms with van der Waals surface area (Å²) in [6.45, 7) is 2.11. The zero-order chi connectivity index (χ0) is 16.6. The van der Waals surface area contributed by atoms with Crippen molar-refractivity contribution in [3.63, 3.8) is 0 Å². The van der Waals surface area contributed by atoms with Gasteiger partial charge in [0.2, 0.25) is 0 Å². The minimum Gasteiger partial charge on any atom is -0.382 e. The predicted octanol–water partition coefficient (Wildman–Crippen LogP) is 3.64. The van der Waals surface area contributed by atoms with Crippen LogP contribution >= 0.6 is 24.8 Å². The topological polar surface area (TPSA) is 50.1 Å². The lowest BCUT2D eigenvalue weighted by atomic mass is 9.91. The maximum Gasteiger partial charge on any atom is 0.142 e. The van der Waals surface area contributed by atoms with Gasteiger partial charge in [-0.1, -0.05) is 24.3 Å². The summed E-state index contributed by atoms with van der Waals surface area (Å²) >= 11 is 0. The van der Waals surface area contributed by atoms with Gasteiger partial charge < -0.3 is 15.0 Å². The number of hydrogen-bond donors (Lipinski definition) is 2. The molecule has 2 N–H and O–H groups in total. The number of nitrogens with zero attached hydrogens (tertiary/aromatic N) is 2. The second kappa shape index (κ2) is 8.35. The highest BCUT2D eigenvalue weighted by Gasteiger charge is 2.36. The number of rotatable bonds is 3. The third kappa shape index (κ3) is 3.86. The van der Waals surface area contributed by atoms with Gasteiger partial charge in [0, 0.05) is 6.54 Å². The Morgan fingerprint density at radius 1 is 1.04 bits per heavy atom. The van der Waals surface area contributed by atoms with Crippen LogP contribution in [0.5, 0.6) is 0 Å². The van der Waals surface area contributed by atoms with Crippen molar-refractivity contribution in [2.75, 3.05) is 13.1 Å². The van der Waals surface area contributed by atoms with Crippen LogP contribution in [0.3, 0.4) is 0 Å². The van der Waals surface area contributed by atoms with Crippen molar-refractivity contribution in [3.05, 3.63) is 65.7 Å². The summed E-state index contributed by atoms with van der Waals surface area (Å²) in [6, 6.07) is 14.4. The van der Waals surface area contributed by atoms with E-state index in [9.17, 15) is 9.50 Å². The van der Waals surface area contributed by atoms with Crippen LogP contribution in [0.2, 0.25) is 0 Å². The second-order valence-corrected chi connectivity index (χ2v) is 6.42. The quantitative estimate of drug-likeness (QED) is 0.709. The van der Waals surface area contributed by atoms with Crippen molar-refractivity contribution >= 4 is 35.8 Å². The monoisotopic (exact) mass is 397 g/mol. The SMILES string of the molecule is Cl.Cl.OC1(c2nc3ccccc3n2Cc2ccc(F)cc2)CCNCC1. The molecule has 0 aliphatic carbocycles. The van der Waals surface area contributed by atoms with Gasteiger partial charge in [-0.2, -0.15) is 0 Å². The lowest BCUT2D eigenvalue weighted by Gasteiger charge is -2.32. The fourth-order valence-corrected chi connectivity index (χ4v) is 3.43. The molecule has 4 rings (SSSR count). The highest BCUT2D eigenvalue weighted by atomic mass is 35.5. The van der Waals surface area contributed by atoms with E-state index < -0.39 is 5.60 Å². The molecule has 3 aromatic rings. The molecule has 1 saturated heterocycles. The smallest absolute Gasteiger partial charge is 0.142 e. The molecule has 26 heavy (non-hydrogen) atoms. The number of aliphatic hydroxyl groups is 1. The van der Waals surface area contributed by atoms with Crippen LogP contribution in [-0.4, -0.2) is 27.7 Å². The van der Waals surface area contributed by atoms with E-state index in [-0.39, 0.29) is 30.6 Å². The standard InChI is InChI=1S/C19H20FN3O.2ClH/c20-15-7-5-14(6-8-15)13-23-17-4-2-1-3-16(17)22-18(23)19(24)9-11-21-12-10-19;;/h1-8,21,24H,9-13H2;2*1H. The van der Waals surface area contributed by atoms with E-state index in [2.05, 4.69) is 9.88 Å². The molecule has 0 bridgehead atoms. The molecular formula is C19H22Cl2FN3O. The predicted molar refractivity (Wildman–Crippen MR) is 106 cm³/mol. The Balaban J connectivity index is 0.00000121. The van der Waals surface area contributed by atoms with Gasteiger partial charge in [-0.3, -0.25) is 0 Å². The first-order valence-corrected chi connectivity index (χ1v) is 8.29. The van der Waals surface area contributed by atoms with E-state index in [0.29, 0.717) is 25.2 Å². The third-order valence-corrected chi connectivity index (χ3v) is 4.76. The van der Waals surface area contributed by atoms with Crippen molar-refractivity contribution < 1.29 is 9.50 Å². The molecule has 0 saturated carbocycles. The number of para-hydroxylation sites is 2. The van der Waals surface area contributed by atoms with Crippen molar-refractivity contribution in [2.45, 2.75) is 25.0 Å². The molecule has 1 aromatic heterocycles. The lowest BCUT2D eigenvalue weighted by Crippen LogP contribution is -2.41. The third-order valence-electron chi connectivity index (χ3n) is 4.76. The summed E-state index contributed by atoms with van der Waals surface area (Å²) in [5, 5.41) is 14.4. The fourth-order valence-electron chi connectivity index (χ4n) is 3.43. The number of halogens is 3. The van der Waals surface area contributed by atoms with Gasteiger partial charge >= 0.3 is 0 Å². The molecule has 0 amide bonds. The molecule has 1 aliphatic heterocycles. The van der Waals surface area contributed by atoms with Crippen LogP contribution in [0.1, 0.15) is 24.2 Å². The largest absolute Gasteiger partial charge is 0.382 e. The number of imidazole rings is 1. The first-order chi connectivity index (χ1) is 11.7. The first-order valence-electron chi connectivity index (χ1n) is 8.29. The fraction of sp³-hybridized carbons (Fsp3) is 0.316. The van der Waals surface area contributed by atoms with E-state index >= 15 is 0 Å². The van der Waals surface area contributed by atoms with Gasteiger partial charge in [0.15, 0.2) is 0 Å². The molecule has 1 fully saturated rings. The summed E-state index contributed by atoms with van der Waals surface area (Å²) in [6.07, 6.45) is 1.28. The Kier molecular flexibility index (Phi) is 6.64. The zero-order valence-corrected chi connectivity index (χ0v) is 15.8. The van der Waals surface area contributed by atoms with Crippen molar-refractivity contribution in [2.24, 2.45) is 0 Å². The van der Waals surface area contributed by atoms with Crippen LogP contribution in [0.25, 0.3) is 11.0 Å². The van der Waals surface area contributed by atoms with Crippen molar-refractivity contribution in [1.29, 1.82) is 0 Å². The summed E-state index contributed by atoms with van der Waals surface area (Å²) in [5.74, 6) is 0.459. The highest BCUT2D eigenvalue weighted by molar-refractivity contribution is 5.85. The number of nitrogens with one attached hydrogen (secondary N) is 1. The molecular weight excluding hydrogens is 376 g/mol. The molecule has 4 nitrogen and oxygen atoms in total. The second-order valence-electron chi connectivity index (χ2n) is 6.42. The average Bonchev–Trinajstić information content (AvgIpc) is 2.97. The zero-order valence-electron chi connectivity index (χ0n) is 14.2. The number of aromatic nitrogens is 2. The van der Waals surface area contributed by atoms with Gasteiger partial charge in [0.1, 0.15) is 17.2 Å². The van der Waals surface area contributed by atoms with Gasteiger partial charge in [-0.25, -0.2) is 9.37 Å². The summed E-state index contributed by atoms with van der Waals surface area (Å²) in [5.41, 5.74) is 1.92. The van der Waals surface area contributed by atoms with Crippen LogP contribution in [0.4, 0.5) is 4.39 Å². The van der Waals surface area contributed by atoms with E-state index in [1.54, 1.807) is 12.1 Å². The van der Waals surface area contributed by atoms with Crippen molar-refractivity contribution in [1.82, 2.24) is 14.9 Å². The molecule has 140 valence electrons. The minimum atomic E-state index is -0.926. The number of benzene rings is 2. The lowest BCUT2D eigenvalue weighted by molar-refractivity contribution is -0.00487. The Morgan fingerprint density at radius 2 is 1.69 bits per heavy atom. The van der Waals surface area contributed by atoms with E-state index in [0.717, 1.165) is 29.7 Å². The van der Waals surface area contributed by atoms with Crippen LogP contribution in [-0.2, 0) is 12.1 Å². The maximum atomic E-state index is 13.2. The number of hydrogen-bond acceptors (Lipinski definition) is 3. The van der Waals surface area contributed by atoms with E-state index in [1.807, 2.05) is 24.3 Å². The molecule has 2 aromatic carbocycles. The Morgan fingerprint density at radius 3 is 2.38 bits per heavy atom. The Labute approximate surface area is 164 Å². The molecule has 0 unspecified atom stereocenters. The van der Waals surface area contributed by atoms with Gasteiger partial charge in [-0.15, -0.1) is 24.8 Å². The van der Waals surface area contributed by atoms with Gasteiger partial charge in [0.25, 0.3) is 0 Å². The van der Waals surface area contributed by atoms with E-state index in [1.165, 1.54) is 12.1 Å². The molecule has 2 heterocycles. The normalized spacial score (nSPS) is 15.9. The minimum absolute atomic E-state index is 0. The van der Waals surface area contributed by atoms with Crippen LogP contribution in [0.15, 0.2) is 48.5 Å². The molecule has 7 heteroatoms. The van der Waals surface area contributed by atoms with Crippen LogP contribution in [0, 0.1) is 5.82 Å². The van der Waals surface area contributed by atoms with Gasteiger partial charge in [-0.05, 0) is 55.8 Å². The maximum absolute atomic E-state index is 13.2. The highest BCUT2D eigenvalue weighted by Crippen LogP contribution is 2.32. The van der Waals surface area contributed by atoms with Crippen LogP contribution < -0.4 is 5.32 Å². The van der Waals surface area contributed by atoms with Crippen molar-refractivity contribution in [3.8, 4) is 0 Å². The molecule has 0 spiro atoms. The number of piperidine rings is 1. The molecule has 1 aliphatic rings. The molecule has 0 radical (unpaired) electrons. The number of fused-ring (bicyclic) bond motifs is 1. The first kappa shape index (κ1) is 20.6. The summed E-state index contributed by atoms with van der Waals surface area (Å²) < 4.78 is 15.2. The Bertz CT molecular complexity index is 861. The summed E-state index contributed by atoms with van der Waals surface area (Å²) in [7, 11) is 0. The average molecular weight is 398 g/mol. The van der Waals surface area contributed by atoms with Gasteiger partial charge in [0.05, 0.1) is 11.0 Å². The summed E-state index contributed by atoms with van der Waals surface area (Å²) in [4.78, 5) is 4.73. The van der Waals surface area contributed by atoms with E-state index in [4.69, 9.17) is 4.98 Å². The Hall–Kier alpha value is -1.66.